The first-order valence-corrected chi connectivity index (χ1v) is 5.76. The largest absolute Gasteiger partial charge is 0.481 e. The van der Waals surface area contributed by atoms with E-state index in [0.717, 1.165) is 0 Å². The Balaban J connectivity index is 2.62. The summed E-state index contributed by atoms with van der Waals surface area (Å²) in [5.41, 5.74) is -0.0283. The Kier molecular flexibility index (Phi) is 3.60. The molecule has 0 radical (unpaired) electrons. The zero-order valence-corrected chi connectivity index (χ0v) is 10.4. The maximum atomic E-state index is 13.5. The molecule has 0 amide bonds. The first-order chi connectivity index (χ1) is 9.64. The minimum Gasteiger partial charge on any atom is -0.481 e. The van der Waals surface area contributed by atoms with Crippen LogP contribution < -0.4 is 0 Å². The van der Waals surface area contributed by atoms with Gasteiger partial charge < -0.3 is 9.67 Å². The Morgan fingerprint density at radius 3 is 2.38 bits per heavy atom. The standard InChI is InChI=1S/C12H9F5N2O2/c13-11(14,12(15,16)17)10-18-7-3-1-2-4-8(7)19(10)6-5-9(20)21/h1-4H,5-6H2,(H,20,21). The lowest BCUT2D eigenvalue weighted by atomic mass is 10.3. The highest BCUT2D eigenvalue weighted by Crippen LogP contribution is 2.44. The van der Waals surface area contributed by atoms with E-state index in [4.69, 9.17) is 5.11 Å². The van der Waals surface area contributed by atoms with E-state index in [0.29, 0.717) is 4.57 Å². The van der Waals surface area contributed by atoms with Gasteiger partial charge in [-0.1, -0.05) is 12.1 Å². The Morgan fingerprint density at radius 2 is 1.81 bits per heavy atom. The molecule has 0 unspecified atom stereocenters. The fourth-order valence-electron chi connectivity index (χ4n) is 1.88. The summed E-state index contributed by atoms with van der Waals surface area (Å²) in [6.45, 7) is -0.531. The predicted molar refractivity (Wildman–Crippen MR) is 61.9 cm³/mol. The summed E-state index contributed by atoms with van der Waals surface area (Å²) in [4.78, 5) is 13.9. The van der Waals surface area contributed by atoms with Crippen LogP contribution in [0.1, 0.15) is 12.2 Å². The van der Waals surface area contributed by atoms with Crippen LogP contribution in [0.15, 0.2) is 24.3 Å². The fourth-order valence-corrected chi connectivity index (χ4v) is 1.88. The first-order valence-electron chi connectivity index (χ1n) is 5.76. The topological polar surface area (TPSA) is 55.1 Å². The van der Waals surface area contributed by atoms with E-state index in [1.807, 2.05) is 0 Å². The van der Waals surface area contributed by atoms with Crippen LogP contribution in [0.4, 0.5) is 22.0 Å². The number of aromatic nitrogens is 2. The highest BCUT2D eigenvalue weighted by Gasteiger charge is 2.61. The summed E-state index contributed by atoms with van der Waals surface area (Å²) in [7, 11) is 0. The molecule has 0 bridgehead atoms. The van der Waals surface area contributed by atoms with Crippen molar-refractivity contribution < 1.29 is 31.9 Å². The molecule has 0 fully saturated rings. The molecule has 1 aromatic heterocycles. The van der Waals surface area contributed by atoms with Crippen molar-refractivity contribution in [2.75, 3.05) is 0 Å². The Labute approximate surface area is 114 Å². The second-order valence-electron chi connectivity index (χ2n) is 4.29. The molecule has 0 spiro atoms. The lowest BCUT2D eigenvalue weighted by Crippen LogP contribution is -2.36. The van der Waals surface area contributed by atoms with E-state index in [1.165, 1.54) is 24.3 Å². The van der Waals surface area contributed by atoms with Crippen LogP contribution in [-0.2, 0) is 17.3 Å². The molecule has 0 atom stereocenters. The minimum atomic E-state index is -5.81. The van der Waals surface area contributed by atoms with Gasteiger partial charge in [0.15, 0.2) is 5.82 Å². The molecule has 2 rings (SSSR count). The molecule has 21 heavy (non-hydrogen) atoms. The van der Waals surface area contributed by atoms with Crippen LogP contribution in [0.3, 0.4) is 0 Å². The summed E-state index contributed by atoms with van der Waals surface area (Å²) >= 11 is 0. The Morgan fingerprint density at radius 1 is 1.19 bits per heavy atom. The summed E-state index contributed by atoms with van der Waals surface area (Å²) < 4.78 is 65.2. The molecule has 0 aliphatic carbocycles. The van der Waals surface area contributed by atoms with Gasteiger partial charge in [-0.25, -0.2) is 4.98 Å². The van der Waals surface area contributed by atoms with E-state index >= 15 is 0 Å². The number of halogens is 5. The van der Waals surface area contributed by atoms with E-state index < -0.39 is 36.9 Å². The molecule has 0 aliphatic rings. The number of benzene rings is 1. The van der Waals surface area contributed by atoms with Gasteiger partial charge in [-0.3, -0.25) is 4.79 Å². The van der Waals surface area contributed by atoms with Gasteiger partial charge >= 0.3 is 18.1 Å². The van der Waals surface area contributed by atoms with Crippen LogP contribution in [0.5, 0.6) is 0 Å². The molecule has 0 aliphatic heterocycles. The van der Waals surface area contributed by atoms with Gasteiger partial charge in [0.2, 0.25) is 0 Å². The number of carboxylic acid groups (broad SMARTS) is 1. The Hall–Kier alpha value is -2.19. The second-order valence-corrected chi connectivity index (χ2v) is 4.29. The number of nitrogens with zero attached hydrogens (tertiary/aromatic N) is 2. The molecule has 1 aromatic carbocycles. The van der Waals surface area contributed by atoms with Crippen molar-refractivity contribution >= 4 is 17.0 Å². The highest BCUT2D eigenvalue weighted by molar-refractivity contribution is 5.76. The minimum absolute atomic E-state index is 0.0256. The zero-order valence-electron chi connectivity index (χ0n) is 10.4. The number of alkyl halides is 5. The van der Waals surface area contributed by atoms with Gasteiger partial charge in [0.1, 0.15) is 0 Å². The predicted octanol–water partition coefficient (Wildman–Crippen LogP) is 3.17. The summed E-state index contributed by atoms with van der Waals surface area (Å²) in [6.07, 6.45) is -6.41. The summed E-state index contributed by atoms with van der Waals surface area (Å²) in [5, 5.41) is 8.59. The second kappa shape index (κ2) is 4.97. The average Bonchev–Trinajstić information content (AvgIpc) is 2.74. The monoisotopic (exact) mass is 308 g/mol. The van der Waals surface area contributed by atoms with Gasteiger partial charge in [0, 0.05) is 6.54 Å². The number of rotatable bonds is 4. The van der Waals surface area contributed by atoms with E-state index in [2.05, 4.69) is 4.98 Å². The van der Waals surface area contributed by atoms with Gasteiger partial charge in [-0.2, -0.15) is 22.0 Å². The first kappa shape index (κ1) is 15.2. The number of hydrogen-bond acceptors (Lipinski definition) is 2. The lowest BCUT2D eigenvalue weighted by molar-refractivity contribution is -0.293. The third-order valence-corrected chi connectivity index (χ3v) is 2.84. The van der Waals surface area contributed by atoms with Gasteiger partial charge in [-0.05, 0) is 12.1 Å². The van der Waals surface area contributed by atoms with Crippen molar-refractivity contribution in [2.45, 2.75) is 25.1 Å². The van der Waals surface area contributed by atoms with Crippen LogP contribution in [0.25, 0.3) is 11.0 Å². The quantitative estimate of drug-likeness (QED) is 0.883. The summed E-state index contributed by atoms with van der Waals surface area (Å²) in [5.74, 6) is -7.98. The third kappa shape index (κ3) is 2.67. The van der Waals surface area contributed by atoms with Crippen molar-refractivity contribution in [3.05, 3.63) is 30.1 Å². The number of hydrogen-bond donors (Lipinski definition) is 1. The van der Waals surface area contributed by atoms with Crippen LogP contribution in [0, 0.1) is 0 Å². The number of aryl methyl sites for hydroxylation is 1. The van der Waals surface area contributed by atoms with E-state index in [9.17, 15) is 26.7 Å². The van der Waals surface area contributed by atoms with Gasteiger partial charge in [-0.15, -0.1) is 0 Å². The average molecular weight is 308 g/mol. The van der Waals surface area contributed by atoms with E-state index in [1.54, 1.807) is 0 Å². The van der Waals surface area contributed by atoms with Crippen LogP contribution >= 0.6 is 0 Å². The molecule has 0 saturated heterocycles. The number of carboxylic acids is 1. The van der Waals surface area contributed by atoms with Crippen molar-refractivity contribution in [2.24, 2.45) is 0 Å². The number of aliphatic carboxylic acids is 1. The van der Waals surface area contributed by atoms with Crippen LogP contribution in [0.2, 0.25) is 0 Å². The fraction of sp³-hybridized carbons (Fsp3) is 0.333. The number of carbonyl (C=O) groups is 1. The highest BCUT2D eigenvalue weighted by atomic mass is 19.4. The number of para-hydroxylation sites is 2. The number of imidazole rings is 1. The maximum Gasteiger partial charge on any atom is 0.461 e. The normalized spacial score (nSPS) is 12.8. The van der Waals surface area contributed by atoms with Gasteiger partial charge in [0.25, 0.3) is 0 Å². The SMILES string of the molecule is O=C(O)CCn1c(C(F)(F)C(F)(F)F)nc2ccccc21. The van der Waals surface area contributed by atoms with Crippen LogP contribution in [-0.4, -0.2) is 26.8 Å². The molecule has 0 saturated carbocycles. The molecule has 1 N–H and O–H groups in total. The van der Waals surface area contributed by atoms with Crippen molar-refractivity contribution in [3.8, 4) is 0 Å². The third-order valence-electron chi connectivity index (χ3n) is 2.84. The van der Waals surface area contributed by atoms with Gasteiger partial charge in [0.05, 0.1) is 17.5 Å². The van der Waals surface area contributed by atoms with Crippen molar-refractivity contribution in [3.63, 3.8) is 0 Å². The molecule has 9 heteroatoms. The molecule has 2 aromatic rings. The molecule has 1 heterocycles. The summed E-state index contributed by atoms with van der Waals surface area (Å²) in [6, 6.07) is 5.46. The number of fused-ring (bicyclic) bond motifs is 1. The van der Waals surface area contributed by atoms with Crippen molar-refractivity contribution in [1.82, 2.24) is 9.55 Å². The Bertz CT molecular complexity index is 678. The molecule has 114 valence electrons. The van der Waals surface area contributed by atoms with Crippen molar-refractivity contribution in [1.29, 1.82) is 0 Å². The zero-order chi connectivity index (χ0) is 15.8. The maximum absolute atomic E-state index is 13.5. The molecule has 4 nitrogen and oxygen atoms in total. The molecular weight excluding hydrogens is 299 g/mol. The molecular formula is C12H9F5N2O2. The van der Waals surface area contributed by atoms with E-state index in [-0.39, 0.29) is 11.0 Å². The smallest absolute Gasteiger partial charge is 0.461 e. The lowest BCUT2D eigenvalue weighted by Gasteiger charge is -2.20.